The molecule has 12 heteroatoms. The number of nitrogens with zero attached hydrogens (tertiary/aromatic N) is 4. The lowest BCUT2D eigenvalue weighted by Crippen LogP contribution is -2.53. The fourth-order valence-corrected chi connectivity index (χ4v) is 6.74. The summed E-state index contributed by atoms with van der Waals surface area (Å²) >= 11 is 1.54. The third-order valence-electron chi connectivity index (χ3n) is 6.29. The van der Waals surface area contributed by atoms with Crippen molar-refractivity contribution in [1.82, 2.24) is 19.3 Å². The molecule has 0 aliphatic carbocycles. The highest BCUT2D eigenvalue weighted by Crippen LogP contribution is 2.30. The van der Waals surface area contributed by atoms with E-state index in [1.54, 1.807) is 35.8 Å². The van der Waals surface area contributed by atoms with Crippen LogP contribution in [0.4, 0.5) is 4.79 Å². The molecule has 35 heavy (non-hydrogen) atoms. The van der Waals surface area contributed by atoms with Gasteiger partial charge in [-0.15, -0.1) is 11.3 Å². The van der Waals surface area contributed by atoms with Gasteiger partial charge in [-0.2, -0.15) is 4.31 Å². The van der Waals surface area contributed by atoms with Crippen LogP contribution < -0.4 is 0 Å². The van der Waals surface area contributed by atoms with Crippen LogP contribution in [0.5, 0.6) is 0 Å². The zero-order valence-electron chi connectivity index (χ0n) is 19.9. The summed E-state index contributed by atoms with van der Waals surface area (Å²) in [5, 5.41) is 5.82. The minimum Gasteiger partial charge on any atom is -0.450 e. The van der Waals surface area contributed by atoms with Gasteiger partial charge >= 0.3 is 6.09 Å². The molecule has 2 aromatic rings. The summed E-state index contributed by atoms with van der Waals surface area (Å²) < 4.78 is 38.6. The first-order valence-electron chi connectivity index (χ1n) is 11.7. The lowest BCUT2D eigenvalue weighted by Gasteiger charge is -2.37. The molecule has 0 spiro atoms. The van der Waals surface area contributed by atoms with Crippen molar-refractivity contribution in [3.63, 3.8) is 0 Å². The highest BCUT2D eigenvalue weighted by atomic mass is 32.2. The first-order chi connectivity index (χ1) is 16.8. The molecule has 0 aromatic carbocycles. The van der Waals surface area contributed by atoms with E-state index in [0.29, 0.717) is 51.3 Å². The van der Waals surface area contributed by atoms with Crippen molar-refractivity contribution in [2.45, 2.75) is 31.6 Å². The lowest BCUT2D eigenvalue weighted by atomic mass is 9.96. The van der Waals surface area contributed by atoms with Crippen LogP contribution in [0.1, 0.15) is 36.1 Å². The second kappa shape index (κ2) is 10.9. The summed E-state index contributed by atoms with van der Waals surface area (Å²) in [6, 6.07) is 3.84. The molecule has 0 unspecified atom stereocenters. The van der Waals surface area contributed by atoms with Gasteiger partial charge in [0.1, 0.15) is 5.69 Å². The second-order valence-electron chi connectivity index (χ2n) is 8.50. The number of thiophene rings is 1. The molecule has 2 aliphatic heterocycles. The molecule has 0 radical (unpaired) electrons. The average Bonchev–Trinajstić information content (AvgIpc) is 3.52. The van der Waals surface area contributed by atoms with Crippen molar-refractivity contribution < 1.29 is 27.3 Å². The monoisotopic (exact) mass is 522 g/mol. The summed E-state index contributed by atoms with van der Waals surface area (Å²) in [5.41, 5.74) is 0.313. The van der Waals surface area contributed by atoms with Crippen LogP contribution in [0.3, 0.4) is 0 Å². The summed E-state index contributed by atoms with van der Waals surface area (Å²) in [7, 11) is -3.82. The number of hydrogen-bond acceptors (Lipinski definition) is 8. The van der Waals surface area contributed by atoms with Crippen molar-refractivity contribution in [3.8, 4) is 0 Å². The Kier molecular flexibility index (Phi) is 7.92. The third-order valence-corrected chi connectivity index (χ3v) is 9.19. The quantitative estimate of drug-likeness (QED) is 0.573. The van der Waals surface area contributed by atoms with E-state index in [2.05, 4.69) is 5.16 Å². The summed E-state index contributed by atoms with van der Waals surface area (Å²) in [6.45, 7) is 5.98. The molecule has 2 amide bonds. The average molecular weight is 523 g/mol. The zero-order valence-corrected chi connectivity index (χ0v) is 21.5. The van der Waals surface area contributed by atoms with E-state index < -0.39 is 10.0 Å². The molecule has 0 saturated carbocycles. The van der Waals surface area contributed by atoms with E-state index in [4.69, 9.17) is 9.26 Å². The second-order valence-corrected chi connectivity index (χ2v) is 11.4. The Bertz CT molecular complexity index is 1160. The number of piperazine rings is 1. The molecule has 0 atom stereocenters. The van der Waals surface area contributed by atoms with Gasteiger partial charge in [0.05, 0.1) is 6.61 Å². The standard InChI is InChI=1S/C23H30N4O6S2/c1-3-32-23(29)26-14-12-25(13-15-26)22(28)18-8-10-27(11-9-18)35(30,31)21-17(2)24-33-20(21)7-6-19-5-4-16-34-19/h4-7,16,18H,3,8-15H2,1-2H3/b7-6+. The molecular formula is C23H30N4O6S2. The van der Waals surface area contributed by atoms with E-state index in [1.807, 2.05) is 17.5 Å². The number of sulfonamides is 1. The molecule has 2 aromatic heterocycles. The highest BCUT2D eigenvalue weighted by molar-refractivity contribution is 7.89. The fraction of sp³-hybridized carbons (Fsp3) is 0.522. The fourth-order valence-electron chi connectivity index (χ4n) is 4.40. The van der Waals surface area contributed by atoms with Crippen LogP contribution in [0.15, 0.2) is 26.9 Å². The van der Waals surface area contributed by atoms with E-state index in [1.165, 1.54) is 15.6 Å². The topological polar surface area (TPSA) is 113 Å². The van der Waals surface area contributed by atoms with E-state index in [9.17, 15) is 18.0 Å². The molecule has 4 rings (SSSR count). The summed E-state index contributed by atoms with van der Waals surface area (Å²) in [4.78, 5) is 29.3. The van der Waals surface area contributed by atoms with E-state index in [0.717, 1.165) is 4.88 Å². The SMILES string of the molecule is CCOC(=O)N1CCN(C(=O)C2CCN(S(=O)(=O)c3c(C)noc3/C=C/c3cccs3)CC2)CC1. The van der Waals surface area contributed by atoms with Crippen LogP contribution in [-0.4, -0.2) is 85.6 Å². The van der Waals surface area contributed by atoms with Gasteiger partial charge in [0, 0.05) is 50.1 Å². The van der Waals surface area contributed by atoms with Gasteiger partial charge < -0.3 is 19.1 Å². The largest absolute Gasteiger partial charge is 0.450 e. The van der Waals surface area contributed by atoms with Gasteiger partial charge in [0.15, 0.2) is 10.7 Å². The van der Waals surface area contributed by atoms with Crippen molar-refractivity contribution in [2.75, 3.05) is 45.9 Å². The van der Waals surface area contributed by atoms with Crippen LogP contribution in [0, 0.1) is 12.8 Å². The molecule has 2 aliphatic rings. The number of carbonyl (C=O) groups is 2. The normalized spacial score (nSPS) is 18.3. The van der Waals surface area contributed by atoms with Crippen LogP contribution in [-0.2, 0) is 19.6 Å². The number of piperidine rings is 1. The number of carbonyl (C=O) groups excluding carboxylic acids is 2. The van der Waals surface area contributed by atoms with Crippen LogP contribution in [0.2, 0.25) is 0 Å². The highest BCUT2D eigenvalue weighted by Gasteiger charge is 2.37. The lowest BCUT2D eigenvalue weighted by molar-refractivity contribution is -0.138. The Morgan fingerprint density at radius 3 is 2.46 bits per heavy atom. The van der Waals surface area contributed by atoms with Crippen molar-refractivity contribution in [1.29, 1.82) is 0 Å². The molecule has 190 valence electrons. The number of aromatic nitrogens is 1. The minimum absolute atomic E-state index is 0.0197. The molecule has 10 nitrogen and oxygen atoms in total. The van der Waals surface area contributed by atoms with E-state index >= 15 is 0 Å². The van der Waals surface area contributed by atoms with Gasteiger partial charge in [0.25, 0.3) is 0 Å². The molecule has 0 N–H and O–H groups in total. The molecule has 0 bridgehead atoms. The van der Waals surface area contributed by atoms with Crippen molar-refractivity contribution in [3.05, 3.63) is 33.8 Å². The molecular weight excluding hydrogens is 492 g/mol. The first kappa shape index (κ1) is 25.4. The number of rotatable bonds is 6. The maximum Gasteiger partial charge on any atom is 0.409 e. The predicted molar refractivity (Wildman–Crippen MR) is 131 cm³/mol. The van der Waals surface area contributed by atoms with Gasteiger partial charge in [-0.25, -0.2) is 13.2 Å². The summed E-state index contributed by atoms with van der Waals surface area (Å²) in [6.07, 6.45) is 3.97. The number of ether oxygens (including phenoxy) is 1. The maximum absolute atomic E-state index is 13.4. The van der Waals surface area contributed by atoms with Crippen molar-refractivity contribution >= 4 is 45.5 Å². The van der Waals surface area contributed by atoms with Crippen LogP contribution >= 0.6 is 11.3 Å². The summed E-state index contributed by atoms with van der Waals surface area (Å²) in [5.74, 6) is -0.0165. The van der Waals surface area contributed by atoms with Gasteiger partial charge in [-0.1, -0.05) is 11.2 Å². The smallest absolute Gasteiger partial charge is 0.409 e. The maximum atomic E-state index is 13.4. The van der Waals surface area contributed by atoms with Gasteiger partial charge in [0.2, 0.25) is 15.9 Å². The Morgan fingerprint density at radius 2 is 1.83 bits per heavy atom. The van der Waals surface area contributed by atoms with Gasteiger partial charge in [-0.3, -0.25) is 4.79 Å². The third kappa shape index (κ3) is 5.60. The zero-order chi connectivity index (χ0) is 25.0. The van der Waals surface area contributed by atoms with Crippen LogP contribution in [0.25, 0.3) is 12.2 Å². The van der Waals surface area contributed by atoms with Crippen molar-refractivity contribution in [2.24, 2.45) is 5.92 Å². The molecule has 2 fully saturated rings. The minimum atomic E-state index is -3.82. The Labute approximate surface area is 209 Å². The number of hydrogen-bond donors (Lipinski definition) is 0. The predicted octanol–water partition coefficient (Wildman–Crippen LogP) is 2.92. The molecule has 4 heterocycles. The Balaban J connectivity index is 1.36. The number of aryl methyl sites for hydroxylation is 1. The number of amides is 2. The Morgan fingerprint density at radius 1 is 1.14 bits per heavy atom. The molecule has 2 saturated heterocycles. The van der Waals surface area contributed by atoms with Gasteiger partial charge in [-0.05, 0) is 50.3 Å². The first-order valence-corrected chi connectivity index (χ1v) is 14.0. The Hall–Kier alpha value is -2.70. The van der Waals surface area contributed by atoms with E-state index in [-0.39, 0.29) is 41.7 Å².